The van der Waals surface area contributed by atoms with E-state index >= 15 is 0 Å². The predicted molar refractivity (Wildman–Crippen MR) is 128 cm³/mol. The van der Waals surface area contributed by atoms with E-state index in [0.29, 0.717) is 10.1 Å². The van der Waals surface area contributed by atoms with Gasteiger partial charge in [0.05, 0.1) is 22.8 Å². The predicted octanol–water partition coefficient (Wildman–Crippen LogP) is 5.41. The summed E-state index contributed by atoms with van der Waals surface area (Å²) in [5, 5.41) is 1.03. The van der Waals surface area contributed by atoms with Crippen molar-refractivity contribution in [1.82, 2.24) is 9.97 Å². The fraction of sp³-hybridized carbons (Fsp3) is 0. The van der Waals surface area contributed by atoms with Gasteiger partial charge in [-0.1, -0.05) is 58.6 Å². The van der Waals surface area contributed by atoms with Gasteiger partial charge >= 0.3 is 16.5 Å². The first-order valence-corrected chi connectivity index (χ1v) is 9.98. The molecule has 4 nitrogen and oxygen atoms in total. The number of benzene rings is 2. The molecule has 2 aromatic heterocycles. The van der Waals surface area contributed by atoms with E-state index < -0.39 is 0 Å². The average molecular weight is 485 g/mol. The number of hydrogen-bond donors (Lipinski definition) is 0. The molecule has 0 amide bonds. The third-order valence-corrected chi connectivity index (χ3v) is 4.34. The van der Waals surface area contributed by atoms with Crippen LogP contribution in [0, 0.1) is 0 Å². The number of rotatable bonds is 4. The minimum absolute atomic E-state index is 0. The van der Waals surface area contributed by atoms with Crippen LogP contribution in [-0.4, -0.2) is 20.1 Å². The summed E-state index contributed by atoms with van der Waals surface area (Å²) in [6.07, 6.45) is 3.42. The zero-order valence-electron chi connectivity index (χ0n) is 16.3. The van der Waals surface area contributed by atoms with Crippen LogP contribution in [0.3, 0.4) is 0 Å². The molecule has 0 saturated heterocycles. The van der Waals surface area contributed by atoms with Crippen LogP contribution in [0.15, 0.2) is 119 Å². The first-order chi connectivity index (χ1) is 14.7. The maximum absolute atomic E-state index is 5.17. The second-order valence-electron chi connectivity index (χ2n) is 5.93. The fourth-order valence-corrected chi connectivity index (χ4v) is 2.78. The minimum Gasteiger partial charge on any atom is -0.758 e. The third-order valence-electron chi connectivity index (χ3n) is 3.74. The zero-order chi connectivity index (χ0) is 21.0. The van der Waals surface area contributed by atoms with Gasteiger partial charge in [-0.25, -0.2) is 0 Å². The van der Waals surface area contributed by atoms with Crippen molar-refractivity contribution in [1.29, 1.82) is 0 Å². The molecule has 31 heavy (non-hydrogen) atoms. The van der Waals surface area contributed by atoms with Gasteiger partial charge in [0.15, 0.2) is 0 Å². The van der Waals surface area contributed by atoms with E-state index in [1.54, 1.807) is 12.4 Å². The van der Waals surface area contributed by atoms with Gasteiger partial charge in [-0.05, 0) is 48.5 Å². The third kappa shape index (κ3) is 8.34. The second kappa shape index (κ2) is 13.3. The molecule has 0 aliphatic carbocycles. The summed E-state index contributed by atoms with van der Waals surface area (Å²) < 4.78 is 0. The van der Waals surface area contributed by atoms with E-state index in [1.165, 1.54) is 0 Å². The average Bonchev–Trinajstić information content (AvgIpc) is 2.82. The molecular weight excluding hydrogens is 467 g/mol. The van der Waals surface area contributed by atoms with E-state index in [0.717, 1.165) is 22.8 Å². The monoisotopic (exact) mass is 484 g/mol. The van der Waals surface area contributed by atoms with Gasteiger partial charge in [0.2, 0.25) is 0 Å². The maximum atomic E-state index is 5.17. The summed E-state index contributed by atoms with van der Waals surface area (Å²) in [6.45, 7) is 0. The van der Waals surface area contributed by atoms with Crippen molar-refractivity contribution < 1.29 is 16.5 Å². The van der Waals surface area contributed by atoms with E-state index in [9.17, 15) is 0 Å². The Kier molecular flexibility index (Phi) is 10.5. The first-order valence-electron chi connectivity index (χ1n) is 9.17. The molecule has 0 fully saturated rings. The van der Waals surface area contributed by atoms with Crippen LogP contribution in [0.25, 0.3) is 0 Å². The summed E-state index contributed by atoms with van der Waals surface area (Å²) in [4.78, 5) is 16.9. The molecule has 2 heterocycles. The Bertz CT molecular complexity index is 1000. The standard InChI is InChI=1S/2C12H10N2S.Ni/c2*15-12(11-8-4-5-9-13-11)14-10-6-2-1-3-7-10;/h2*1-9H,(H,14,15);/q;;+2/p-2. The van der Waals surface area contributed by atoms with E-state index in [1.807, 2.05) is 97.1 Å². The summed E-state index contributed by atoms with van der Waals surface area (Å²) in [5.41, 5.74) is 3.18. The van der Waals surface area contributed by atoms with Crippen molar-refractivity contribution in [3.05, 3.63) is 121 Å². The summed E-state index contributed by atoms with van der Waals surface area (Å²) in [7, 11) is 0. The summed E-state index contributed by atoms with van der Waals surface area (Å²) in [5.74, 6) is 0. The van der Waals surface area contributed by atoms with Crippen molar-refractivity contribution in [2.24, 2.45) is 9.98 Å². The molecule has 0 N–H and O–H groups in total. The molecule has 156 valence electrons. The normalized spacial score (nSPS) is 11.0. The Balaban J connectivity index is 0.000000213. The maximum Gasteiger partial charge on any atom is 2.00 e. The smallest absolute Gasteiger partial charge is 0.758 e. The van der Waals surface area contributed by atoms with Gasteiger partial charge in [-0.2, -0.15) is 0 Å². The number of aliphatic imine (C=N–C) groups is 2. The molecule has 0 aliphatic rings. The van der Waals surface area contributed by atoms with Crippen molar-refractivity contribution in [3.8, 4) is 0 Å². The second-order valence-corrected chi connectivity index (χ2v) is 6.71. The van der Waals surface area contributed by atoms with E-state index in [4.69, 9.17) is 25.3 Å². The van der Waals surface area contributed by atoms with Crippen LogP contribution in [-0.2, 0) is 41.7 Å². The summed E-state index contributed by atoms with van der Waals surface area (Å²) in [6, 6.07) is 30.5. The molecule has 0 saturated carbocycles. The Morgan fingerprint density at radius 3 is 1.19 bits per heavy atom. The Morgan fingerprint density at radius 2 is 0.871 bits per heavy atom. The van der Waals surface area contributed by atoms with Crippen molar-refractivity contribution in [3.63, 3.8) is 0 Å². The van der Waals surface area contributed by atoms with Crippen LogP contribution in [0.4, 0.5) is 11.4 Å². The largest absolute Gasteiger partial charge is 2.00 e. The van der Waals surface area contributed by atoms with Crippen molar-refractivity contribution >= 4 is 46.7 Å². The topological polar surface area (TPSA) is 50.5 Å². The number of nitrogens with zero attached hydrogens (tertiary/aromatic N) is 4. The molecule has 2 aromatic carbocycles. The molecule has 0 bridgehead atoms. The van der Waals surface area contributed by atoms with Gasteiger partial charge in [0, 0.05) is 12.4 Å². The minimum atomic E-state index is 0. The number of pyridine rings is 2. The molecular formula is C24H18N4NiS2. The van der Waals surface area contributed by atoms with Crippen LogP contribution < -0.4 is 0 Å². The van der Waals surface area contributed by atoms with Crippen LogP contribution in [0.1, 0.15) is 11.4 Å². The quantitative estimate of drug-likeness (QED) is 0.168. The molecule has 0 aliphatic heterocycles. The van der Waals surface area contributed by atoms with E-state index in [-0.39, 0.29) is 16.5 Å². The summed E-state index contributed by atoms with van der Waals surface area (Å²) >= 11 is 10.3. The molecule has 0 radical (unpaired) electrons. The number of aromatic nitrogens is 2. The first kappa shape index (κ1) is 24.3. The van der Waals surface area contributed by atoms with Crippen molar-refractivity contribution in [2.75, 3.05) is 0 Å². The van der Waals surface area contributed by atoms with Gasteiger partial charge in [0.25, 0.3) is 0 Å². The van der Waals surface area contributed by atoms with Crippen LogP contribution in [0.2, 0.25) is 0 Å². The molecule has 4 rings (SSSR count). The van der Waals surface area contributed by atoms with Gasteiger partial charge < -0.3 is 25.3 Å². The zero-order valence-corrected chi connectivity index (χ0v) is 18.9. The molecule has 0 spiro atoms. The molecule has 0 atom stereocenters. The van der Waals surface area contributed by atoms with Crippen molar-refractivity contribution in [2.45, 2.75) is 0 Å². The molecule has 4 aromatic rings. The Morgan fingerprint density at radius 1 is 0.516 bits per heavy atom. The Hall–Kier alpha value is -2.99. The van der Waals surface area contributed by atoms with Crippen LogP contribution in [0.5, 0.6) is 0 Å². The van der Waals surface area contributed by atoms with Gasteiger partial charge in [-0.3, -0.25) is 20.0 Å². The molecule has 7 heteroatoms. The van der Waals surface area contributed by atoms with Crippen LogP contribution >= 0.6 is 0 Å². The SMILES string of the molecule is [Ni+2].[S-]C(=Nc1ccccc1)c1ccccn1.[S-]C(=Nc1ccccc1)c1ccccn1. The van der Waals surface area contributed by atoms with E-state index in [2.05, 4.69) is 20.0 Å². The Labute approximate surface area is 203 Å². The molecule has 0 unspecified atom stereocenters. The van der Waals surface area contributed by atoms with Gasteiger partial charge in [-0.15, -0.1) is 0 Å². The van der Waals surface area contributed by atoms with Gasteiger partial charge in [0.1, 0.15) is 0 Å². The fourth-order valence-electron chi connectivity index (χ4n) is 2.33. The number of para-hydroxylation sites is 2. The number of hydrogen-bond acceptors (Lipinski definition) is 6.